The van der Waals surface area contributed by atoms with E-state index in [1.807, 2.05) is 0 Å². The molecule has 1 amide bonds. The molecule has 128 valence electrons. The number of aryl methyl sites for hydroxylation is 1. The quantitative estimate of drug-likeness (QED) is 0.836. The van der Waals surface area contributed by atoms with Crippen molar-refractivity contribution in [3.05, 3.63) is 28.8 Å². The summed E-state index contributed by atoms with van der Waals surface area (Å²) in [5, 5.41) is 14.5. The monoisotopic (exact) mass is 367 g/mol. The fraction of sp³-hybridized carbons (Fsp3) is 0.500. The van der Waals surface area contributed by atoms with Crippen LogP contribution in [0.15, 0.2) is 23.1 Å². The van der Waals surface area contributed by atoms with Gasteiger partial charge in [-0.25, -0.2) is 8.42 Å². The van der Waals surface area contributed by atoms with Gasteiger partial charge in [0.1, 0.15) is 5.54 Å². The number of hydrogen-bond donors (Lipinski definition) is 2. The zero-order valence-electron chi connectivity index (χ0n) is 13.2. The van der Waals surface area contributed by atoms with E-state index in [0.717, 1.165) is 0 Å². The molecule has 2 atom stereocenters. The second kappa shape index (κ2) is 6.03. The first-order valence-corrected chi connectivity index (χ1v) is 9.66. The van der Waals surface area contributed by atoms with E-state index in [1.54, 1.807) is 19.1 Å². The van der Waals surface area contributed by atoms with Crippen LogP contribution in [0.5, 0.6) is 0 Å². The van der Waals surface area contributed by atoms with Crippen LogP contribution >= 0.6 is 11.6 Å². The van der Waals surface area contributed by atoms with Crippen LogP contribution in [0.3, 0.4) is 0 Å². The Morgan fingerprint density at radius 1 is 1.46 bits per heavy atom. The van der Waals surface area contributed by atoms with Crippen LogP contribution < -0.4 is 10.6 Å². The third kappa shape index (κ3) is 3.14. The lowest BCUT2D eigenvalue weighted by atomic mass is 10.2. The Bertz CT molecular complexity index is 827. The fourth-order valence-corrected chi connectivity index (χ4v) is 5.08. The third-order valence-corrected chi connectivity index (χ3v) is 7.16. The molecule has 0 bridgehead atoms. The summed E-state index contributed by atoms with van der Waals surface area (Å²) in [7, 11) is -3.55. The maximum absolute atomic E-state index is 12.8. The van der Waals surface area contributed by atoms with Crippen LogP contribution in [0.1, 0.15) is 24.8 Å². The molecule has 1 saturated carbocycles. The van der Waals surface area contributed by atoms with Crippen molar-refractivity contribution in [2.75, 3.05) is 6.54 Å². The van der Waals surface area contributed by atoms with Gasteiger partial charge in [-0.15, -0.1) is 0 Å². The van der Waals surface area contributed by atoms with E-state index in [9.17, 15) is 13.2 Å². The number of halogens is 1. The molecule has 2 N–H and O–H groups in total. The van der Waals surface area contributed by atoms with Gasteiger partial charge in [0.05, 0.1) is 22.3 Å². The van der Waals surface area contributed by atoms with Crippen molar-refractivity contribution >= 4 is 27.3 Å². The molecule has 1 heterocycles. The lowest BCUT2D eigenvalue weighted by Crippen LogP contribution is -2.45. The summed E-state index contributed by atoms with van der Waals surface area (Å²) in [6, 6.07) is 6.18. The molecule has 1 aromatic carbocycles. The van der Waals surface area contributed by atoms with Gasteiger partial charge >= 0.3 is 0 Å². The molecule has 1 saturated heterocycles. The number of nitrogens with one attached hydrogen (secondary N) is 2. The van der Waals surface area contributed by atoms with Crippen LogP contribution in [-0.2, 0) is 14.6 Å². The van der Waals surface area contributed by atoms with Gasteiger partial charge in [0, 0.05) is 11.6 Å². The van der Waals surface area contributed by atoms with E-state index < -0.39 is 26.7 Å². The summed E-state index contributed by atoms with van der Waals surface area (Å²) in [6.45, 7) is 1.91. The lowest BCUT2D eigenvalue weighted by Gasteiger charge is -2.15. The molecular weight excluding hydrogens is 350 g/mol. The maximum Gasteiger partial charge on any atom is 0.238 e. The van der Waals surface area contributed by atoms with Gasteiger partial charge in [-0.2, -0.15) is 5.26 Å². The Balaban J connectivity index is 1.73. The zero-order valence-corrected chi connectivity index (χ0v) is 14.7. The van der Waals surface area contributed by atoms with E-state index in [1.165, 1.54) is 6.07 Å². The summed E-state index contributed by atoms with van der Waals surface area (Å²) in [5.74, 6) is -0.306. The van der Waals surface area contributed by atoms with Crippen LogP contribution in [0, 0.1) is 18.3 Å². The van der Waals surface area contributed by atoms with E-state index in [0.29, 0.717) is 23.4 Å². The first kappa shape index (κ1) is 17.2. The van der Waals surface area contributed by atoms with Crippen LogP contribution in [0.4, 0.5) is 0 Å². The Hall–Kier alpha value is -1.62. The first-order chi connectivity index (χ1) is 11.3. The summed E-state index contributed by atoms with van der Waals surface area (Å²) in [4.78, 5) is 12.5. The van der Waals surface area contributed by atoms with Crippen molar-refractivity contribution in [2.24, 2.45) is 0 Å². The van der Waals surface area contributed by atoms with E-state index in [2.05, 4.69) is 16.7 Å². The highest BCUT2D eigenvalue weighted by Gasteiger charge is 2.47. The first-order valence-electron chi connectivity index (χ1n) is 7.74. The standard InChI is InChI=1S/C16H18ClN3O3S/c1-10-6-11(17)2-3-14(10)24(22,23)12-7-13(19-8-12)15(21)20-16(9-18)4-5-16/h2-3,6,12-13,19H,4-5,7-8H2,1H3,(H,20,21). The highest BCUT2D eigenvalue weighted by Crippen LogP contribution is 2.35. The van der Waals surface area contributed by atoms with Crippen LogP contribution in [-0.4, -0.2) is 37.7 Å². The van der Waals surface area contributed by atoms with Crippen molar-refractivity contribution in [1.82, 2.24) is 10.6 Å². The van der Waals surface area contributed by atoms with Gasteiger partial charge in [-0.1, -0.05) is 11.6 Å². The third-order valence-electron chi connectivity index (χ3n) is 4.62. The number of sulfone groups is 1. The minimum Gasteiger partial charge on any atom is -0.336 e. The predicted molar refractivity (Wildman–Crippen MR) is 89.3 cm³/mol. The highest BCUT2D eigenvalue weighted by molar-refractivity contribution is 7.92. The number of carbonyl (C=O) groups is 1. The average Bonchev–Trinajstić information content (AvgIpc) is 3.10. The van der Waals surface area contributed by atoms with E-state index in [4.69, 9.17) is 16.9 Å². The van der Waals surface area contributed by atoms with Crippen molar-refractivity contribution in [3.63, 3.8) is 0 Å². The topological polar surface area (TPSA) is 99.1 Å². The van der Waals surface area contributed by atoms with Crippen LogP contribution in [0.25, 0.3) is 0 Å². The maximum atomic E-state index is 12.8. The Morgan fingerprint density at radius 3 is 2.75 bits per heavy atom. The summed E-state index contributed by atoms with van der Waals surface area (Å²) in [6.07, 6.45) is 1.49. The van der Waals surface area contributed by atoms with Gasteiger partial charge in [-0.05, 0) is 49.9 Å². The Labute approximate surface area is 146 Å². The van der Waals surface area contributed by atoms with Gasteiger partial charge in [-0.3, -0.25) is 4.79 Å². The van der Waals surface area contributed by atoms with Gasteiger partial charge in [0.25, 0.3) is 0 Å². The molecule has 3 rings (SSSR count). The summed E-state index contributed by atoms with van der Waals surface area (Å²) >= 11 is 5.89. The van der Waals surface area contributed by atoms with Crippen molar-refractivity contribution in [2.45, 2.75) is 47.9 Å². The zero-order chi connectivity index (χ0) is 17.5. The lowest BCUT2D eigenvalue weighted by molar-refractivity contribution is -0.123. The molecule has 1 aliphatic carbocycles. The minimum absolute atomic E-state index is 0.192. The minimum atomic E-state index is -3.55. The Kier molecular flexibility index (Phi) is 4.32. The molecule has 2 fully saturated rings. The molecule has 6 nitrogen and oxygen atoms in total. The molecule has 24 heavy (non-hydrogen) atoms. The smallest absolute Gasteiger partial charge is 0.238 e. The molecule has 2 unspecified atom stereocenters. The normalized spacial score (nSPS) is 25.0. The number of benzene rings is 1. The van der Waals surface area contributed by atoms with Gasteiger partial charge in [0.15, 0.2) is 9.84 Å². The largest absolute Gasteiger partial charge is 0.336 e. The molecule has 8 heteroatoms. The molecule has 2 aliphatic rings. The van der Waals surface area contributed by atoms with Crippen molar-refractivity contribution in [1.29, 1.82) is 5.26 Å². The number of nitrogens with zero attached hydrogens (tertiary/aromatic N) is 1. The highest BCUT2D eigenvalue weighted by atomic mass is 35.5. The summed E-state index contributed by atoms with van der Waals surface area (Å²) < 4.78 is 25.6. The molecule has 0 spiro atoms. The average molecular weight is 368 g/mol. The van der Waals surface area contributed by atoms with Crippen molar-refractivity contribution in [3.8, 4) is 6.07 Å². The molecule has 0 aromatic heterocycles. The van der Waals surface area contributed by atoms with Gasteiger partial charge in [0.2, 0.25) is 5.91 Å². The predicted octanol–water partition coefficient (Wildman–Crippen LogP) is 1.32. The second-order valence-electron chi connectivity index (χ2n) is 6.46. The number of hydrogen-bond acceptors (Lipinski definition) is 5. The second-order valence-corrected chi connectivity index (χ2v) is 9.09. The molecule has 1 aromatic rings. The summed E-state index contributed by atoms with van der Waals surface area (Å²) in [5.41, 5.74) is -0.153. The van der Waals surface area contributed by atoms with E-state index in [-0.39, 0.29) is 23.8 Å². The SMILES string of the molecule is Cc1cc(Cl)ccc1S(=O)(=O)C1CNC(C(=O)NC2(C#N)CC2)C1. The van der Waals surface area contributed by atoms with E-state index >= 15 is 0 Å². The molecule has 1 aliphatic heterocycles. The van der Waals surface area contributed by atoms with Crippen molar-refractivity contribution < 1.29 is 13.2 Å². The number of amides is 1. The number of carbonyl (C=O) groups excluding carboxylic acids is 1. The molecule has 0 radical (unpaired) electrons. The van der Waals surface area contributed by atoms with Gasteiger partial charge < -0.3 is 10.6 Å². The van der Waals surface area contributed by atoms with Crippen LogP contribution in [0.2, 0.25) is 5.02 Å². The number of nitriles is 1. The molecular formula is C16H18ClN3O3S. The Morgan fingerprint density at radius 2 is 2.17 bits per heavy atom. The fourth-order valence-electron chi connectivity index (χ4n) is 2.96. The number of rotatable bonds is 4.